The van der Waals surface area contributed by atoms with E-state index in [1.807, 2.05) is 0 Å². The van der Waals surface area contributed by atoms with Crippen LogP contribution in [0.1, 0.15) is 24.4 Å². The summed E-state index contributed by atoms with van der Waals surface area (Å²) in [5.74, 6) is -4.07. The molecule has 3 rings (SSSR count). The number of carbonyl (C=O) groups excluding carboxylic acids is 2. The zero-order chi connectivity index (χ0) is 24.1. The maximum atomic E-state index is 14.6. The molecule has 1 heterocycles. The summed E-state index contributed by atoms with van der Waals surface area (Å²) in [6.45, 7) is 3.26. The average molecular weight is 458 g/mol. The zero-order valence-electron chi connectivity index (χ0n) is 17.6. The van der Waals surface area contributed by atoms with Crippen LogP contribution in [0.15, 0.2) is 53.1 Å². The minimum Gasteiger partial charge on any atom is -0.480 e. The number of carbonyl (C=O) groups is 3. The first-order chi connectivity index (χ1) is 15.7. The topological polar surface area (TPSA) is 134 Å². The van der Waals surface area contributed by atoms with Gasteiger partial charge in [0.05, 0.1) is 5.69 Å². The summed E-state index contributed by atoms with van der Waals surface area (Å²) >= 11 is 0. The number of nitrogens with zero attached hydrogens (tertiary/aromatic N) is 1. The minimum atomic E-state index is -1.20. The number of rotatable bonds is 7. The lowest BCUT2D eigenvalue weighted by Gasteiger charge is -2.16. The quantitative estimate of drug-likeness (QED) is 0.421. The lowest BCUT2D eigenvalue weighted by Crippen LogP contribution is -2.44. The highest BCUT2D eigenvalue weighted by Gasteiger charge is 2.26. The minimum absolute atomic E-state index is 0.00331. The van der Waals surface area contributed by atoms with E-state index in [2.05, 4.69) is 21.1 Å². The van der Waals surface area contributed by atoms with Gasteiger partial charge in [-0.25, -0.2) is 18.4 Å². The fourth-order valence-electron chi connectivity index (χ4n) is 2.88. The first-order valence-corrected chi connectivity index (χ1v) is 9.78. The molecule has 2 aromatic carbocycles. The number of carboxylic acids is 1. The van der Waals surface area contributed by atoms with E-state index in [0.29, 0.717) is 0 Å². The molecule has 0 bridgehead atoms. The van der Waals surface area contributed by atoms with Crippen molar-refractivity contribution in [2.45, 2.75) is 19.9 Å². The number of amides is 3. The Kier molecular flexibility index (Phi) is 7.01. The summed E-state index contributed by atoms with van der Waals surface area (Å²) in [4.78, 5) is 35.5. The number of hydrogen-bond acceptors (Lipinski definition) is 5. The van der Waals surface area contributed by atoms with Crippen LogP contribution in [-0.4, -0.2) is 34.2 Å². The fraction of sp³-hybridized carbons (Fsp3) is 0.182. The molecule has 0 saturated heterocycles. The van der Waals surface area contributed by atoms with Crippen LogP contribution in [0, 0.1) is 17.6 Å². The number of halogens is 2. The molecule has 3 amide bonds. The van der Waals surface area contributed by atoms with E-state index < -0.39 is 35.6 Å². The lowest BCUT2D eigenvalue weighted by molar-refractivity contribution is -0.140. The molecule has 3 aromatic rings. The Morgan fingerprint density at radius 1 is 1.00 bits per heavy atom. The van der Waals surface area contributed by atoms with E-state index in [1.54, 1.807) is 19.9 Å². The van der Waals surface area contributed by atoms with E-state index >= 15 is 0 Å². The van der Waals surface area contributed by atoms with Gasteiger partial charge in [-0.2, -0.15) is 0 Å². The third kappa shape index (κ3) is 5.70. The highest BCUT2D eigenvalue weighted by molar-refractivity contribution is 6.00. The van der Waals surface area contributed by atoms with Crippen LogP contribution < -0.4 is 16.0 Å². The second kappa shape index (κ2) is 9.90. The molecule has 33 heavy (non-hydrogen) atoms. The second-order valence-corrected chi connectivity index (χ2v) is 7.36. The average Bonchev–Trinajstić information content (AvgIpc) is 3.23. The Morgan fingerprint density at radius 3 is 2.36 bits per heavy atom. The van der Waals surface area contributed by atoms with Crippen LogP contribution in [0.25, 0.3) is 11.3 Å². The van der Waals surface area contributed by atoms with Crippen molar-refractivity contribution in [3.05, 3.63) is 65.9 Å². The highest BCUT2D eigenvalue weighted by Crippen LogP contribution is 2.25. The van der Waals surface area contributed by atoms with Crippen molar-refractivity contribution in [2.24, 2.45) is 5.92 Å². The first-order valence-electron chi connectivity index (χ1n) is 9.78. The van der Waals surface area contributed by atoms with Gasteiger partial charge in [0, 0.05) is 17.3 Å². The van der Waals surface area contributed by atoms with Gasteiger partial charge in [-0.3, -0.25) is 4.79 Å². The summed E-state index contributed by atoms with van der Waals surface area (Å²) in [7, 11) is 0. The number of hydrogen-bond donors (Lipinski definition) is 4. The van der Waals surface area contributed by atoms with Crippen LogP contribution in [0.4, 0.5) is 25.0 Å². The van der Waals surface area contributed by atoms with Gasteiger partial charge in [0.15, 0.2) is 0 Å². The van der Waals surface area contributed by atoms with E-state index in [1.165, 1.54) is 36.4 Å². The predicted molar refractivity (Wildman–Crippen MR) is 115 cm³/mol. The Balaban J connectivity index is 1.69. The molecule has 0 aliphatic carbocycles. The Bertz CT molecular complexity index is 1200. The molecule has 0 saturated carbocycles. The number of anilines is 2. The maximum absolute atomic E-state index is 14.6. The summed E-state index contributed by atoms with van der Waals surface area (Å²) < 4.78 is 33.2. The van der Waals surface area contributed by atoms with Crippen LogP contribution in [0.5, 0.6) is 0 Å². The molecular weight excluding hydrogens is 438 g/mol. The van der Waals surface area contributed by atoms with Gasteiger partial charge >= 0.3 is 12.0 Å². The number of nitrogens with one attached hydrogen (secondary N) is 3. The molecule has 4 N–H and O–H groups in total. The highest BCUT2D eigenvalue weighted by atomic mass is 19.1. The van der Waals surface area contributed by atoms with Crippen LogP contribution >= 0.6 is 0 Å². The SMILES string of the molecule is CC(C)C(NC(=O)c1cc(-c2ccc(NC(=O)Nc3ccccc3F)cc2F)no1)C(=O)O. The second-order valence-electron chi connectivity index (χ2n) is 7.36. The van der Waals surface area contributed by atoms with Gasteiger partial charge in [-0.1, -0.05) is 31.1 Å². The molecule has 9 nitrogen and oxygen atoms in total. The van der Waals surface area contributed by atoms with Crippen molar-refractivity contribution < 1.29 is 32.8 Å². The van der Waals surface area contributed by atoms with E-state index in [0.717, 1.165) is 6.07 Å². The fourth-order valence-corrected chi connectivity index (χ4v) is 2.88. The molecule has 1 aromatic heterocycles. The van der Waals surface area contributed by atoms with Crippen molar-refractivity contribution in [1.29, 1.82) is 0 Å². The molecule has 0 aliphatic heterocycles. The molecule has 0 fully saturated rings. The lowest BCUT2D eigenvalue weighted by atomic mass is 10.0. The monoisotopic (exact) mass is 458 g/mol. The van der Waals surface area contributed by atoms with Crippen LogP contribution in [0.3, 0.4) is 0 Å². The van der Waals surface area contributed by atoms with Gasteiger partial charge in [0.25, 0.3) is 5.91 Å². The van der Waals surface area contributed by atoms with Gasteiger partial charge in [0.1, 0.15) is 23.4 Å². The largest absolute Gasteiger partial charge is 0.480 e. The first kappa shape index (κ1) is 23.4. The van der Waals surface area contributed by atoms with Gasteiger partial charge in [0.2, 0.25) is 5.76 Å². The molecule has 172 valence electrons. The molecule has 1 unspecified atom stereocenters. The summed E-state index contributed by atoms with van der Waals surface area (Å²) in [5, 5.41) is 19.8. The van der Waals surface area contributed by atoms with Crippen molar-refractivity contribution >= 4 is 29.3 Å². The summed E-state index contributed by atoms with van der Waals surface area (Å²) in [6.07, 6.45) is 0. The number of urea groups is 1. The number of carboxylic acid groups (broad SMARTS) is 1. The van der Waals surface area contributed by atoms with Crippen molar-refractivity contribution in [2.75, 3.05) is 10.6 Å². The van der Waals surface area contributed by atoms with E-state index in [4.69, 9.17) is 4.52 Å². The van der Waals surface area contributed by atoms with Gasteiger partial charge in [-0.15, -0.1) is 0 Å². The van der Waals surface area contributed by atoms with Crippen molar-refractivity contribution in [3.63, 3.8) is 0 Å². The smallest absolute Gasteiger partial charge is 0.326 e. The number of para-hydroxylation sites is 1. The molecule has 0 spiro atoms. The zero-order valence-corrected chi connectivity index (χ0v) is 17.6. The molecule has 0 aliphatic rings. The Hall–Kier alpha value is -4.28. The van der Waals surface area contributed by atoms with Crippen LogP contribution in [-0.2, 0) is 4.79 Å². The van der Waals surface area contributed by atoms with E-state index in [-0.39, 0.29) is 34.3 Å². The van der Waals surface area contributed by atoms with Gasteiger partial charge in [-0.05, 0) is 36.2 Å². The normalized spacial score (nSPS) is 11.7. The van der Waals surface area contributed by atoms with Gasteiger partial charge < -0.3 is 25.6 Å². The summed E-state index contributed by atoms with van der Waals surface area (Å²) in [5.41, 5.74) is 0.0313. The number of aromatic nitrogens is 1. The molecular formula is C22H20F2N4O5. The van der Waals surface area contributed by atoms with Crippen LogP contribution in [0.2, 0.25) is 0 Å². The van der Waals surface area contributed by atoms with Crippen molar-refractivity contribution in [3.8, 4) is 11.3 Å². The Labute approximate surface area is 186 Å². The van der Waals surface area contributed by atoms with Crippen molar-refractivity contribution in [1.82, 2.24) is 10.5 Å². The predicted octanol–water partition coefficient (Wildman–Crippen LogP) is 4.10. The molecule has 1 atom stereocenters. The standard InChI is InChI=1S/C22H20F2N4O5/c1-11(2)19(21(30)31)27-20(29)18-10-17(28-33-18)13-8-7-12(9-15(13)24)25-22(32)26-16-6-4-3-5-14(16)23/h3-11,19H,1-2H3,(H,27,29)(H,30,31)(H2,25,26,32). The third-order valence-corrected chi connectivity index (χ3v) is 4.58. The molecule has 0 radical (unpaired) electrons. The number of benzene rings is 2. The number of aliphatic carboxylic acids is 1. The summed E-state index contributed by atoms with van der Waals surface area (Å²) in [6, 6.07) is 8.54. The maximum Gasteiger partial charge on any atom is 0.326 e. The Morgan fingerprint density at radius 2 is 1.73 bits per heavy atom. The third-order valence-electron chi connectivity index (χ3n) is 4.58. The van der Waals surface area contributed by atoms with E-state index in [9.17, 15) is 28.3 Å². The molecule has 11 heteroatoms.